The number of methoxy groups -OCH3 is 1. The summed E-state index contributed by atoms with van der Waals surface area (Å²) in [5.41, 5.74) is 2.05. The number of hydrogen-bond donors (Lipinski definition) is 1. The minimum Gasteiger partial charge on any atom is -0.497 e. The molecule has 4 aromatic rings. The maximum atomic E-state index is 13.2. The van der Waals surface area contributed by atoms with Crippen LogP contribution >= 0.6 is 11.3 Å². The highest BCUT2D eigenvalue weighted by Crippen LogP contribution is 2.30. The number of benzene rings is 2. The monoisotopic (exact) mass is 526 g/mol. The van der Waals surface area contributed by atoms with Gasteiger partial charge in [0.05, 0.1) is 19.2 Å². The first-order valence-electron chi connectivity index (χ1n) is 11.4. The summed E-state index contributed by atoms with van der Waals surface area (Å²) < 4.78 is 45.0. The van der Waals surface area contributed by atoms with Gasteiger partial charge in [-0.2, -0.15) is 13.2 Å². The highest BCUT2D eigenvalue weighted by atomic mass is 32.1. The number of aromatic nitrogens is 2. The molecule has 1 amide bonds. The minimum absolute atomic E-state index is 0.277. The molecule has 4 rings (SSSR count). The molecule has 2 aromatic carbocycles. The first-order chi connectivity index (χ1) is 17.8. The van der Waals surface area contributed by atoms with Gasteiger partial charge in [-0.25, -0.2) is 4.98 Å². The standard InChI is InChI=1S/C27H25F3N4O2S/c1-36-23-7-5-20(6-8-23)15-34(16-21-3-2-4-22(13-21)27(28,29)30)17-25-33-24(18-37-25)26(35)32-14-19-9-11-31-12-10-19/h2-13,18H,14-17H2,1H3,(H,32,35). The Balaban J connectivity index is 1.48. The lowest BCUT2D eigenvalue weighted by Crippen LogP contribution is -2.24. The number of nitrogens with one attached hydrogen (secondary N) is 1. The van der Waals surface area contributed by atoms with Gasteiger partial charge in [-0.3, -0.25) is 14.7 Å². The van der Waals surface area contributed by atoms with E-state index in [2.05, 4.69) is 15.3 Å². The Morgan fingerprint density at radius 3 is 2.41 bits per heavy atom. The molecule has 6 nitrogen and oxygen atoms in total. The van der Waals surface area contributed by atoms with Crippen molar-refractivity contribution in [2.24, 2.45) is 0 Å². The van der Waals surface area contributed by atoms with E-state index in [0.29, 0.717) is 35.9 Å². The summed E-state index contributed by atoms with van der Waals surface area (Å²) >= 11 is 1.34. The highest BCUT2D eigenvalue weighted by Gasteiger charge is 2.30. The second-order valence-corrected chi connectivity index (χ2v) is 9.30. The van der Waals surface area contributed by atoms with Gasteiger partial charge in [0, 0.05) is 37.4 Å². The quantitative estimate of drug-likeness (QED) is 0.287. The van der Waals surface area contributed by atoms with Crippen LogP contribution in [0, 0.1) is 0 Å². The molecule has 0 aliphatic rings. The van der Waals surface area contributed by atoms with E-state index in [9.17, 15) is 18.0 Å². The molecule has 0 aliphatic carbocycles. The number of hydrogen-bond acceptors (Lipinski definition) is 6. The Morgan fingerprint density at radius 2 is 1.70 bits per heavy atom. The van der Waals surface area contributed by atoms with E-state index >= 15 is 0 Å². The predicted molar refractivity (Wildman–Crippen MR) is 135 cm³/mol. The van der Waals surface area contributed by atoms with Crippen LogP contribution in [0.5, 0.6) is 5.75 Å². The molecule has 2 aromatic heterocycles. The normalized spacial score (nSPS) is 11.5. The number of pyridine rings is 1. The third-order valence-electron chi connectivity index (χ3n) is 5.57. The molecule has 192 valence electrons. The Morgan fingerprint density at radius 1 is 0.973 bits per heavy atom. The number of carbonyl (C=O) groups excluding carboxylic acids is 1. The zero-order valence-corrected chi connectivity index (χ0v) is 20.9. The average molecular weight is 527 g/mol. The molecule has 2 heterocycles. The van der Waals surface area contributed by atoms with Crippen LogP contribution in [0.25, 0.3) is 0 Å². The van der Waals surface area contributed by atoms with Crippen molar-refractivity contribution in [2.45, 2.75) is 32.4 Å². The molecule has 37 heavy (non-hydrogen) atoms. The Hall–Kier alpha value is -3.76. The molecule has 0 unspecified atom stereocenters. The van der Waals surface area contributed by atoms with Crippen molar-refractivity contribution in [1.82, 2.24) is 20.2 Å². The summed E-state index contributed by atoms with van der Waals surface area (Å²) in [6.07, 6.45) is -1.10. The highest BCUT2D eigenvalue weighted by molar-refractivity contribution is 7.09. The van der Waals surface area contributed by atoms with E-state index < -0.39 is 11.7 Å². The maximum absolute atomic E-state index is 13.2. The van der Waals surface area contributed by atoms with Gasteiger partial charge in [-0.1, -0.05) is 30.3 Å². The summed E-state index contributed by atoms with van der Waals surface area (Å²) in [6.45, 7) is 1.47. The lowest BCUT2D eigenvalue weighted by molar-refractivity contribution is -0.137. The van der Waals surface area contributed by atoms with Crippen LogP contribution in [0.4, 0.5) is 13.2 Å². The predicted octanol–water partition coefficient (Wildman–Crippen LogP) is 5.70. The number of ether oxygens (including phenoxy) is 1. The summed E-state index contributed by atoms with van der Waals surface area (Å²) in [7, 11) is 1.59. The fourth-order valence-corrected chi connectivity index (χ4v) is 4.53. The third-order valence-corrected chi connectivity index (χ3v) is 6.40. The Labute approximate surface area is 216 Å². The van der Waals surface area contributed by atoms with Crippen LogP contribution in [-0.2, 0) is 32.4 Å². The number of thiazole rings is 1. The second kappa shape index (κ2) is 12.0. The summed E-state index contributed by atoms with van der Waals surface area (Å²) in [6, 6.07) is 16.5. The first-order valence-corrected chi connectivity index (χ1v) is 12.3. The van der Waals surface area contributed by atoms with E-state index in [-0.39, 0.29) is 12.5 Å². The van der Waals surface area contributed by atoms with Crippen molar-refractivity contribution in [3.63, 3.8) is 0 Å². The maximum Gasteiger partial charge on any atom is 0.416 e. The number of amides is 1. The van der Waals surface area contributed by atoms with E-state index in [0.717, 1.165) is 22.9 Å². The smallest absolute Gasteiger partial charge is 0.416 e. The molecule has 0 aliphatic heterocycles. The first kappa shape index (κ1) is 26.3. The number of nitrogens with zero attached hydrogens (tertiary/aromatic N) is 3. The molecule has 0 saturated carbocycles. The molecule has 10 heteroatoms. The fraction of sp³-hybridized carbons (Fsp3) is 0.222. The zero-order chi connectivity index (χ0) is 26.3. The molecule has 0 saturated heterocycles. The van der Waals surface area contributed by atoms with Crippen molar-refractivity contribution < 1.29 is 22.7 Å². The zero-order valence-electron chi connectivity index (χ0n) is 20.0. The number of carbonyl (C=O) groups is 1. The number of halogens is 3. The van der Waals surface area contributed by atoms with Crippen molar-refractivity contribution in [3.8, 4) is 5.75 Å². The topological polar surface area (TPSA) is 67.3 Å². The Bertz CT molecular complexity index is 1310. The van der Waals surface area contributed by atoms with Crippen molar-refractivity contribution in [2.75, 3.05) is 7.11 Å². The lowest BCUT2D eigenvalue weighted by Gasteiger charge is -2.22. The average Bonchev–Trinajstić information content (AvgIpc) is 3.36. The second-order valence-electron chi connectivity index (χ2n) is 8.36. The van der Waals surface area contributed by atoms with Gasteiger partial charge in [0.2, 0.25) is 0 Å². The van der Waals surface area contributed by atoms with Gasteiger partial charge < -0.3 is 10.1 Å². The molecule has 0 spiro atoms. The van der Waals surface area contributed by atoms with Crippen LogP contribution < -0.4 is 10.1 Å². The van der Waals surface area contributed by atoms with E-state index in [1.165, 1.54) is 23.5 Å². The lowest BCUT2D eigenvalue weighted by atomic mass is 10.1. The summed E-state index contributed by atoms with van der Waals surface area (Å²) in [5, 5.41) is 5.22. The summed E-state index contributed by atoms with van der Waals surface area (Å²) in [5.74, 6) is 0.425. The molecule has 1 N–H and O–H groups in total. The van der Waals surface area contributed by atoms with Crippen LogP contribution in [0.15, 0.2) is 78.4 Å². The number of alkyl halides is 3. The van der Waals surface area contributed by atoms with E-state index in [1.54, 1.807) is 30.9 Å². The molecule has 0 atom stereocenters. The minimum atomic E-state index is -4.41. The summed E-state index contributed by atoms with van der Waals surface area (Å²) in [4.78, 5) is 23.0. The van der Waals surface area contributed by atoms with E-state index in [1.807, 2.05) is 41.3 Å². The van der Waals surface area contributed by atoms with Crippen LogP contribution in [0.3, 0.4) is 0 Å². The van der Waals surface area contributed by atoms with Gasteiger partial charge in [-0.15, -0.1) is 11.3 Å². The van der Waals surface area contributed by atoms with E-state index in [4.69, 9.17) is 4.74 Å². The van der Waals surface area contributed by atoms with Crippen molar-refractivity contribution >= 4 is 17.2 Å². The molecular formula is C27H25F3N4O2S. The van der Waals surface area contributed by atoms with Crippen molar-refractivity contribution in [1.29, 1.82) is 0 Å². The molecule has 0 fully saturated rings. The molecule has 0 radical (unpaired) electrons. The van der Waals surface area contributed by atoms with Crippen LogP contribution in [0.1, 0.15) is 37.7 Å². The third kappa shape index (κ3) is 7.61. The van der Waals surface area contributed by atoms with Gasteiger partial charge >= 0.3 is 6.18 Å². The van der Waals surface area contributed by atoms with Gasteiger partial charge in [0.15, 0.2) is 0 Å². The largest absolute Gasteiger partial charge is 0.497 e. The van der Waals surface area contributed by atoms with Crippen LogP contribution in [-0.4, -0.2) is 27.9 Å². The fourth-order valence-electron chi connectivity index (χ4n) is 3.71. The number of rotatable bonds is 10. The van der Waals surface area contributed by atoms with Crippen LogP contribution in [0.2, 0.25) is 0 Å². The van der Waals surface area contributed by atoms with Gasteiger partial charge in [0.25, 0.3) is 5.91 Å². The Kier molecular flexibility index (Phi) is 8.52. The molecular weight excluding hydrogens is 501 g/mol. The molecule has 0 bridgehead atoms. The van der Waals surface area contributed by atoms with Gasteiger partial charge in [-0.05, 0) is 47.0 Å². The van der Waals surface area contributed by atoms with Crippen molar-refractivity contribution in [3.05, 3.63) is 111 Å². The van der Waals surface area contributed by atoms with Gasteiger partial charge in [0.1, 0.15) is 16.5 Å². The SMILES string of the molecule is COc1ccc(CN(Cc2cccc(C(F)(F)F)c2)Cc2nc(C(=O)NCc3ccncc3)cs2)cc1.